The van der Waals surface area contributed by atoms with Gasteiger partial charge in [0.1, 0.15) is 11.9 Å². The molecule has 5 rings (SSSR count). The molecule has 0 radical (unpaired) electrons. The van der Waals surface area contributed by atoms with E-state index in [4.69, 9.17) is 4.74 Å². The molecule has 0 spiro atoms. The number of rotatable bonds is 9. The summed E-state index contributed by atoms with van der Waals surface area (Å²) < 4.78 is 45.2. The topological polar surface area (TPSA) is 107 Å². The lowest BCUT2D eigenvalue weighted by Gasteiger charge is -2.27. The zero-order chi connectivity index (χ0) is 26.0. The summed E-state index contributed by atoms with van der Waals surface area (Å²) in [5.41, 5.74) is 0.401. The van der Waals surface area contributed by atoms with Gasteiger partial charge in [-0.2, -0.15) is 0 Å². The largest absolute Gasteiger partial charge is 0.381 e. The van der Waals surface area contributed by atoms with Crippen molar-refractivity contribution in [2.75, 3.05) is 18.5 Å². The standard InChI is InChI=1S/C26H28FN3O5S2/c27-19-3-1-17(2-4-19)13-20-16-28-26(36-20)29-25(32)23(14-18-8-11-35-12-9-18)30-10-7-22(15-24(30)31)37(33,34)21-5-6-21/h1-4,7,10,15-16,18,21,23H,5-6,8-9,11-14H2,(H,28,29,32). The molecule has 0 bridgehead atoms. The number of nitrogens with one attached hydrogen (secondary N) is 1. The van der Waals surface area contributed by atoms with Gasteiger partial charge < -0.3 is 14.6 Å². The molecule has 1 saturated heterocycles. The fraction of sp³-hybridized carbons (Fsp3) is 0.423. The van der Waals surface area contributed by atoms with E-state index in [0.29, 0.717) is 44.0 Å². The first-order valence-electron chi connectivity index (χ1n) is 12.3. The van der Waals surface area contributed by atoms with Crippen molar-refractivity contribution in [2.24, 2.45) is 5.92 Å². The van der Waals surface area contributed by atoms with Gasteiger partial charge in [-0.3, -0.25) is 9.59 Å². The van der Waals surface area contributed by atoms with E-state index in [0.717, 1.165) is 29.3 Å². The van der Waals surface area contributed by atoms with Gasteiger partial charge in [0, 0.05) is 43.0 Å². The van der Waals surface area contributed by atoms with Crippen molar-refractivity contribution in [3.8, 4) is 0 Å². The average Bonchev–Trinajstić information content (AvgIpc) is 3.67. The Balaban J connectivity index is 1.35. The van der Waals surface area contributed by atoms with E-state index in [-0.39, 0.29) is 22.5 Å². The SMILES string of the molecule is O=C(Nc1ncc(Cc2ccc(F)cc2)s1)C(CC1CCOCC1)n1ccc(S(=O)(=O)C2CC2)cc1=O. The van der Waals surface area contributed by atoms with E-state index >= 15 is 0 Å². The molecule has 1 aromatic carbocycles. The molecule has 2 fully saturated rings. The number of ether oxygens (including phenoxy) is 1. The molecule has 2 aliphatic rings. The van der Waals surface area contributed by atoms with Gasteiger partial charge in [-0.05, 0) is 61.8 Å². The van der Waals surface area contributed by atoms with E-state index < -0.39 is 26.7 Å². The summed E-state index contributed by atoms with van der Waals surface area (Å²) in [4.78, 5) is 31.7. The fourth-order valence-electron chi connectivity index (χ4n) is 4.56. The highest BCUT2D eigenvalue weighted by Gasteiger charge is 2.37. The summed E-state index contributed by atoms with van der Waals surface area (Å²) in [5.74, 6) is -0.490. The lowest BCUT2D eigenvalue weighted by molar-refractivity contribution is -0.120. The second-order valence-electron chi connectivity index (χ2n) is 9.58. The second kappa shape index (κ2) is 10.8. The summed E-state index contributed by atoms with van der Waals surface area (Å²) in [6.45, 7) is 1.21. The number of hydrogen-bond donors (Lipinski definition) is 1. The number of anilines is 1. The van der Waals surface area contributed by atoms with Gasteiger partial charge >= 0.3 is 0 Å². The molecular weight excluding hydrogens is 517 g/mol. The van der Waals surface area contributed by atoms with Crippen molar-refractivity contribution in [3.05, 3.63) is 75.4 Å². The molecule has 1 saturated carbocycles. The highest BCUT2D eigenvalue weighted by atomic mass is 32.2. The zero-order valence-corrected chi connectivity index (χ0v) is 21.8. The minimum atomic E-state index is -3.51. The quantitative estimate of drug-likeness (QED) is 0.436. The minimum absolute atomic E-state index is 0.00633. The number of benzene rings is 1. The van der Waals surface area contributed by atoms with Crippen LogP contribution in [0.25, 0.3) is 0 Å². The highest BCUT2D eigenvalue weighted by Crippen LogP contribution is 2.33. The third-order valence-corrected chi connectivity index (χ3v) is 10.00. The third kappa shape index (κ3) is 6.16. The molecule has 8 nitrogen and oxygen atoms in total. The number of aromatic nitrogens is 2. The Morgan fingerprint density at radius 2 is 1.89 bits per heavy atom. The van der Waals surface area contributed by atoms with Crippen molar-refractivity contribution in [1.82, 2.24) is 9.55 Å². The van der Waals surface area contributed by atoms with Crippen molar-refractivity contribution >= 4 is 32.2 Å². The fourth-order valence-corrected chi connectivity index (χ4v) is 7.07. The number of halogens is 1. The van der Waals surface area contributed by atoms with Crippen LogP contribution in [0.15, 0.2) is 58.5 Å². The van der Waals surface area contributed by atoms with Crippen LogP contribution >= 0.6 is 11.3 Å². The molecule has 1 aliphatic carbocycles. The Morgan fingerprint density at radius 1 is 1.16 bits per heavy atom. The molecule has 37 heavy (non-hydrogen) atoms. The van der Waals surface area contributed by atoms with Gasteiger partial charge in [-0.25, -0.2) is 17.8 Å². The van der Waals surface area contributed by atoms with Crippen molar-refractivity contribution < 1.29 is 22.3 Å². The van der Waals surface area contributed by atoms with E-state index in [1.54, 1.807) is 18.3 Å². The Bertz CT molecular complexity index is 1420. The minimum Gasteiger partial charge on any atom is -0.381 e. The lowest BCUT2D eigenvalue weighted by atomic mass is 9.92. The molecule has 196 valence electrons. The number of amides is 1. The number of pyridine rings is 1. The molecule has 3 heterocycles. The number of carbonyl (C=O) groups is 1. The summed E-state index contributed by atoms with van der Waals surface area (Å²) in [6.07, 6.45) is 6.85. The van der Waals surface area contributed by atoms with Crippen LogP contribution in [0.3, 0.4) is 0 Å². The maximum Gasteiger partial charge on any atom is 0.252 e. The molecule has 1 N–H and O–H groups in total. The van der Waals surface area contributed by atoms with Crippen LogP contribution in [0, 0.1) is 11.7 Å². The maximum atomic E-state index is 13.4. The first-order chi connectivity index (χ1) is 17.8. The molecular formula is C26H28FN3O5S2. The number of hydrogen-bond acceptors (Lipinski definition) is 7. The van der Waals surface area contributed by atoms with Gasteiger partial charge in [-0.1, -0.05) is 12.1 Å². The average molecular weight is 546 g/mol. The van der Waals surface area contributed by atoms with Crippen LogP contribution in [-0.4, -0.2) is 42.3 Å². The first-order valence-corrected chi connectivity index (χ1v) is 14.7. The molecule has 1 unspecified atom stereocenters. The molecule has 3 aromatic rings. The monoisotopic (exact) mass is 545 g/mol. The maximum absolute atomic E-state index is 13.4. The summed E-state index contributed by atoms with van der Waals surface area (Å²) in [6, 6.07) is 7.94. The highest BCUT2D eigenvalue weighted by molar-refractivity contribution is 7.92. The number of thiazole rings is 1. The molecule has 11 heteroatoms. The Morgan fingerprint density at radius 3 is 2.57 bits per heavy atom. The van der Waals surface area contributed by atoms with Crippen LogP contribution in [-0.2, 0) is 25.8 Å². The summed E-state index contributed by atoms with van der Waals surface area (Å²) in [7, 11) is -3.51. The van der Waals surface area contributed by atoms with Crippen molar-refractivity contribution in [2.45, 2.75) is 54.7 Å². The zero-order valence-electron chi connectivity index (χ0n) is 20.1. The smallest absolute Gasteiger partial charge is 0.252 e. The Kier molecular flexibility index (Phi) is 7.55. The van der Waals surface area contributed by atoms with Gasteiger partial charge in [0.2, 0.25) is 5.91 Å². The van der Waals surface area contributed by atoms with Crippen molar-refractivity contribution in [1.29, 1.82) is 0 Å². The molecule has 1 amide bonds. The van der Waals surface area contributed by atoms with Gasteiger partial charge in [0.25, 0.3) is 5.56 Å². The van der Waals surface area contributed by atoms with Gasteiger partial charge in [0.15, 0.2) is 15.0 Å². The molecule has 2 aromatic heterocycles. The van der Waals surface area contributed by atoms with Gasteiger partial charge in [-0.15, -0.1) is 11.3 Å². The second-order valence-corrected chi connectivity index (χ2v) is 12.9. The van der Waals surface area contributed by atoms with Gasteiger partial charge in [0.05, 0.1) is 10.1 Å². The molecule has 1 aliphatic heterocycles. The van der Waals surface area contributed by atoms with Crippen LogP contribution in [0.4, 0.5) is 9.52 Å². The van der Waals surface area contributed by atoms with Crippen molar-refractivity contribution in [3.63, 3.8) is 0 Å². The Labute approximate surface area is 218 Å². The predicted octanol–water partition coefficient (Wildman–Crippen LogP) is 3.97. The van der Waals surface area contributed by atoms with E-state index in [9.17, 15) is 22.4 Å². The van der Waals surface area contributed by atoms with Crippen LogP contribution in [0.5, 0.6) is 0 Å². The third-order valence-electron chi connectivity index (χ3n) is 6.82. The lowest BCUT2D eigenvalue weighted by Crippen LogP contribution is -2.35. The molecule has 1 atom stereocenters. The van der Waals surface area contributed by atoms with E-state index in [1.807, 2.05) is 0 Å². The normalized spacial score (nSPS) is 17.4. The van der Waals surface area contributed by atoms with Crippen LogP contribution < -0.4 is 10.9 Å². The van der Waals surface area contributed by atoms with Crippen LogP contribution in [0.2, 0.25) is 0 Å². The number of nitrogens with zero attached hydrogens (tertiary/aromatic N) is 2. The summed E-state index contributed by atoms with van der Waals surface area (Å²) >= 11 is 1.32. The Hall–Kier alpha value is -2.89. The predicted molar refractivity (Wildman–Crippen MR) is 138 cm³/mol. The van der Waals surface area contributed by atoms with E-state index in [2.05, 4.69) is 10.3 Å². The number of carbonyl (C=O) groups excluding carboxylic acids is 1. The summed E-state index contributed by atoms with van der Waals surface area (Å²) in [5, 5.41) is 2.83. The first kappa shape index (κ1) is 25.7. The van der Waals surface area contributed by atoms with E-state index in [1.165, 1.54) is 40.3 Å². The van der Waals surface area contributed by atoms with Crippen LogP contribution in [0.1, 0.15) is 48.6 Å². The number of sulfone groups is 1.